The van der Waals surface area contributed by atoms with Crippen LogP contribution in [0.15, 0.2) is 57.9 Å². The average molecular weight is 327 g/mol. The first kappa shape index (κ1) is 16.4. The number of rotatable bonds is 8. The van der Waals surface area contributed by atoms with Crippen LogP contribution in [-0.2, 0) is 6.54 Å². The first-order valence-electron chi connectivity index (χ1n) is 8.13. The fourth-order valence-electron chi connectivity index (χ4n) is 2.82. The van der Waals surface area contributed by atoms with E-state index in [2.05, 4.69) is 22.4 Å². The second kappa shape index (κ2) is 7.90. The van der Waals surface area contributed by atoms with Crippen molar-refractivity contribution in [2.45, 2.75) is 25.4 Å². The monoisotopic (exact) mass is 327 g/mol. The van der Waals surface area contributed by atoms with Gasteiger partial charge in [-0.3, -0.25) is 4.57 Å². The third-order valence-electron chi connectivity index (χ3n) is 4.00. The van der Waals surface area contributed by atoms with Gasteiger partial charge in [-0.25, -0.2) is 9.78 Å². The molecule has 3 aromatic rings. The maximum absolute atomic E-state index is 12.0. The lowest BCUT2D eigenvalue weighted by Crippen LogP contribution is -2.28. The van der Waals surface area contributed by atoms with Crippen LogP contribution in [0, 0.1) is 0 Å². The predicted molar refractivity (Wildman–Crippen MR) is 91.8 cm³/mol. The Morgan fingerprint density at radius 1 is 1.21 bits per heavy atom. The second-order valence-corrected chi connectivity index (χ2v) is 5.63. The Morgan fingerprint density at radius 3 is 2.83 bits per heavy atom. The van der Waals surface area contributed by atoms with Gasteiger partial charge in [0.1, 0.15) is 0 Å². The summed E-state index contributed by atoms with van der Waals surface area (Å²) in [5.41, 5.74) is 2.24. The van der Waals surface area contributed by atoms with Crippen LogP contribution in [-0.4, -0.2) is 27.8 Å². The zero-order valence-electron chi connectivity index (χ0n) is 13.4. The highest BCUT2D eigenvalue weighted by atomic mass is 16.4. The summed E-state index contributed by atoms with van der Waals surface area (Å²) in [5.74, 6) is -0.392. The molecule has 6 nitrogen and oxygen atoms in total. The van der Waals surface area contributed by atoms with Gasteiger partial charge in [0.05, 0.1) is 0 Å². The molecule has 24 heavy (non-hydrogen) atoms. The minimum absolute atomic E-state index is 0.139. The van der Waals surface area contributed by atoms with Crippen molar-refractivity contribution in [3.8, 4) is 0 Å². The van der Waals surface area contributed by atoms with Gasteiger partial charge in [0.2, 0.25) is 0 Å². The molecule has 0 radical (unpaired) electrons. The van der Waals surface area contributed by atoms with Crippen molar-refractivity contribution in [3.05, 3.63) is 64.8 Å². The predicted octanol–water partition coefficient (Wildman–Crippen LogP) is 2.09. The van der Waals surface area contributed by atoms with Gasteiger partial charge in [0, 0.05) is 31.9 Å². The summed E-state index contributed by atoms with van der Waals surface area (Å²) in [7, 11) is 0. The molecule has 2 N–H and O–H groups in total. The van der Waals surface area contributed by atoms with E-state index in [1.165, 1.54) is 10.1 Å². The van der Waals surface area contributed by atoms with E-state index < -0.39 is 5.76 Å². The Balaban J connectivity index is 1.68. The first-order valence-corrected chi connectivity index (χ1v) is 8.13. The molecular weight excluding hydrogens is 306 g/mol. The number of oxazole rings is 1. The third kappa shape index (κ3) is 3.72. The van der Waals surface area contributed by atoms with Gasteiger partial charge >= 0.3 is 5.76 Å². The molecule has 3 rings (SSSR count). The van der Waals surface area contributed by atoms with Crippen molar-refractivity contribution in [3.63, 3.8) is 0 Å². The van der Waals surface area contributed by atoms with Crippen LogP contribution in [0.2, 0.25) is 0 Å². The molecule has 1 aromatic carbocycles. The van der Waals surface area contributed by atoms with E-state index >= 15 is 0 Å². The molecule has 1 unspecified atom stereocenters. The lowest BCUT2D eigenvalue weighted by molar-refractivity contribution is 0.274. The molecule has 6 heteroatoms. The normalized spacial score (nSPS) is 12.5. The maximum Gasteiger partial charge on any atom is 0.421 e. The van der Waals surface area contributed by atoms with Crippen LogP contribution in [0.3, 0.4) is 0 Å². The largest absolute Gasteiger partial charge is 0.421 e. The summed E-state index contributed by atoms with van der Waals surface area (Å²) >= 11 is 0. The van der Waals surface area contributed by atoms with Crippen LogP contribution in [0.25, 0.3) is 11.2 Å². The molecule has 0 bridgehead atoms. The van der Waals surface area contributed by atoms with E-state index in [9.17, 15) is 4.79 Å². The van der Waals surface area contributed by atoms with Crippen molar-refractivity contribution in [1.29, 1.82) is 0 Å². The number of aromatic nitrogens is 2. The van der Waals surface area contributed by atoms with Crippen LogP contribution < -0.4 is 11.1 Å². The molecule has 0 fully saturated rings. The Labute approximate surface area is 139 Å². The van der Waals surface area contributed by atoms with Gasteiger partial charge in [-0.15, -0.1) is 0 Å². The number of benzene rings is 1. The maximum atomic E-state index is 12.0. The average Bonchev–Trinajstić information content (AvgIpc) is 2.94. The summed E-state index contributed by atoms with van der Waals surface area (Å²) in [4.78, 5) is 16.2. The third-order valence-corrected chi connectivity index (χ3v) is 4.00. The van der Waals surface area contributed by atoms with Crippen LogP contribution in [0.1, 0.15) is 24.4 Å². The van der Waals surface area contributed by atoms with E-state index in [1.807, 2.05) is 18.2 Å². The van der Waals surface area contributed by atoms with Crippen LogP contribution in [0.5, 0.6) is 0 Å². The van der Waals surface area contributed by atoms with Crippen LogP contribution in [0.4, 0.5) is 0 Å². The standard InChI is InChI=1S/C18H21N3O3/c22-13-5-8-15(14-6-2-1-3-7-14)19-11-12-21-17-16(24-18(21)23)9-4-10-20-17/h1-4,6-7,9-10,15,19,22H,5,8,11-13H2. The van der Waals surface area contributed by atoms with Crippen molar-refractivity contribution in [1.82, 2.24) is 14.9 Å². The smallest absolute Gasteiger partial charge is 0.406 e. The Bertz CT molecular complexity index is 826. The minimum Gasteiger partial charge on any atom is -0.406 e. The van der Waals surface area contributed by atoms with Gasteiger partial charge < -0.3 is 14.8 Å². The van der Waals surface area contributed by atoms with Crippen molar-refractivity contribution >= 4 is 11.2 Å². The molecule has 126 valence electrons. The van der Waals surface area contributed by atoms with Crippen molar-refractivity contribution in [2.75, 3.05) is 13.2 Å². The first-order chi connectivity index (χ1) is 11.8. The molecule has 0 aliphatic carbocycles. The van der Waals surface area contributed by atoms with Gasteiger partial charge in [-0.2, -0.15) is 0 Å². The van der Waals surface area contributed by atoms with Gasteiger partial charge in [-0.1, -0.05) is 30.3 Å². The highest BCUT2D eigenvalue weighted by Gasteiger charge is 2.12. The fraction of sp³-hybridized carbons (Fsp3) is 0.333. The van der Waals surface area contributed by atoms with Crippen molar-refractivity contribution in [2.24, 2.45) is 0 Å². The van der Waals surface area contributed by atoms with E-state index in [1.54, 1.807) is 18.3 Å². The Morgan fingerprint density at radius 2 is 2.04 bits per heavy atom. The molecule has 0 spiro atoms. The number of pyridine rings is 1. The summed E-state index contributed by atoms with van der Waals surface area (Å²) in [5, 5.41) is 12.6. The van der Waals surface area contributed by atoms with Crippen molar-refractivity contribution < 1.29 is 9.52 Å². The quantitative estimate of drug-likeness (QED) is 0.662. The highest BCUT2D eigenvalue weighted by Crippen LogP contribution is 2.18. The molecule has 0 amide bonds. The summed E-state index contributed by atoms with van der Waals surface area (Å²) in [6.07, 6.45) is 3.21. The van der Waals surface area contributed by atoms with E-state index in [4.69, 9.17) is 9.52 Å². The highest BCUT2D eigenvalue weighted by molar-refractivity contribution is 5.67. The molecular formula is C18H21N3O3. The molecule has 2 heterocycles. The number of fused-ring (bicyclic) bond motifs is 1. The Kier molecular flexibility index (Phi) is 5.40. The zero-order chi connectivity index (χ0) is 16.8. The molecule has 0 saturated carbocycles. The molecule has 0 aliphatic rings. The second-order valence-electron chi connectivity index (χ2n) is 5.63. The van der Waals surface area contributed by atoms with Gasteiger partial charge in [0.15, 0.2) is 11.2 Å². The molecule has 1 atom stereocenters. The van der Waals surface area contributed by atoms with E-state index in [0.29, 0.717) is 24.3 Å². The SMILES string of the molecule is O=c1oc2cccnc2n1CCNC(CCCO)c1ccccc1. The van der Waals surface area contributed by atoms with Gasteiger partial charge in [0.25, 0.3) is 0 Å². The zero-order valence-corrected chi connectivity index (χ0v) is 13.4. The summed E-state index contributed by atoms with van der Waals surface area (Å²) in [6.45, 7) is 1.25. The lowest BCUT2D eigenvalue weighted by atomic mass is 10.0. The summed E-state index contributed by atoms with van der Waals surface area (Å²) < 4.78 is 6.73. The minimum atomic E-state index is -0.392. The van der Waals surface area contributed by atoms with Crippen LogP contribution >= 0.6 is 0 Å². The number of hydrogen-bond acceptors (Lipinski definition) is 5. The lowest BCUT2D eigenvalue weighted by Gasteiger charge is -2.19. The Hall–Kier alpha value is -2.44. The number of nitrogens with zero attached hydrogens (tertiary/aromatic N) is 2. The number of aliphatic hydroxyl groups excluding tert-OH is 1. The molecule has 0 saturated heterocycles. The number of hydrogen-bond donors (Lipinski definition) is 2. The topological polar surface area (TPSA) is 80.3 Å². The number of nitrogens with one attached hydrogen (secondary N) is 1. The van der Waals surface area contributed by atoms with E-state index in [0.717, 1.165) is 12.8 Å². The fourth-order valence-corrected chi connectivity index (χ4v) is 2.82. The molecule has 2 aromatic heterocycles. The summed E-state index contributed by atoms with van der Waals surface area (Å²) in [6, 6.07) is 13.7. The molecule has 0 aliphatic heterocycles. The number of aliphatic hydroxyl groups is 1. The van der Waals surface area contributed by atoms with Gasteiger partial charge in [-0.05, 0) is 30.5 Å². The van der Waals surface area contributed by atoms with E-state index in [-0.39, 0.29) is 12.6 Å².